The zero-order valence-electron chi connectivity index (χ0n) is 10.1. The normalized spacial score (nSPS) is 30.8. The third-order valence-electron chi connectivity index (χ3n) is 3.25. The second-order valence-corrected chi connectivity index (χ2v) is 7.65. The molecule has 3 atom stereocenters. The molecule has 4 nitrogen and oxygen atoms in total. The molecule has 0 bridgehead atoms. The summed E-state index contributed by atoms with van der Waals surface area (Å²) in [4.78, 5) is 2.01. The smallest absolute Gasteiger partial charge is 0.154 e. The van der Waals surface area contributed by atoms with E-state index in [1.165, 1.54) is 0 Å². The molecule has 0 aliphatic carbocycles. The van der Waals surface area contributed by atoms with E-state index in [0.717, 1.165) is 12.2 Å². The van der Waals surface area contributed by atoms with E-state index in [1.54, 1.807) is 11.8 Å². The number of nitrogens with zero attached hydrogens (tertiary/aromatic N) is 1. The largest absolute Gasteiger partial charge is 0.390 e. The Bertz CT molecular complexity index is 318. The fourth-order valence-corrected chi connectivity index (χ4v) is 4.45. The van der Waals surface area contributed by atoms with Crippen molar-refractivity contribution in [3.8, 4) is 0 Å². The van der Waals surface area contributed by atoms with Gasteiger partial charge in [-0.1, -0.05) is 0 Å². The monoisotopic (exact) mass is 267 g/mol. The van der Waals surface area contributed by atoms with Crippen molar-refractivity contribution in [1.29, 1.82) is 0 Å². The summed E-state index contributed by atoms with van der Waals surface area (Å²) in [6, 6.07) is 0.0715. The minimum atomic E-state index is -3.04. The highest BCUT2D eigenvalue weighted by Crippen LogP contribution is 2.20. The molecule has 1 aliphatic heterocycles. The minimum absolute atomic E-state index is 0.0861. The number of hydrogen-bond acceptors (Lipinski definition) is 5. The molecule has 1 N–H and O–H groups in total. The quantitative estimate of drug-likeness (QED) is 0.772. The Hall–Kier alpha value is 0.220. The maximum Gasteiger partial charge on any atom is 0.154 e. The molecule has 1 heterocycles. The number of thioether (sulfide) groups is 1. The van der Waals surface area contributed by atoms with Crippen LogP contribution in [-0.2, 0) is 9.84 Å². The van der Waals surface area contributed by atoms with Crippen molar-refractivity contribution in [1.82, 2.24) is 4.90 Å². The number of rotatable bonds is 5. The van der Waals surface area contributed by atoms with Gasteiger partial charge in [-0.25, -0.2) is 8.42 Å². The van der Waals surface area contributed by atoms with E-state index in [9.17, 15) is 13.5 Å². The van der Waals surface area contributed by atoms with Crippen LogP contribution in [0.25, 0.3) is 0 Å². The molecule has 0 aromatic rings. The maximum atomic E-state index is 11.4. The summed E-state index contributed by atoms with van der Waals surface area (Å²) in [5.41, 5.74) is 0. The first-order chi connectivity index (χ1) is 7.37. The van der Waals surface area contributed by atoms with E-state index in [4.69, 9.17) is 0 Å². The van der Waals surface area contributed by atoms with Gasteiger partial charge in [0, 0.05) is 6.04 Å². The zero-order valence-corrected chi connectivity index (χ0v) is 11.7. The highest BCUT2D eigenvalue weighted by Gasteiger charge is 2.39. The summed E-state index contributed by atoms with van der Waals surface area (Å²) in [7, 11) is -1.14. The predicted molar refractivity (Wildman–Crippen MR) is 68.7 cm³/mol. The first-order valence-electron chi connectivity index (χ1n) is 5.46. The fourth-order valence-electron chi connectivity index (χ4n) is 2.02. The Balaban J connectivity index is 2.57. The van der Waals surface area contributed by atoms with Crippen molar-refractivity contribution in [2.45, 2.75) is 31.5 Å². The van der Waals surface area contributed by atoms with Gasteiger partial charge in [0.05, 0.1) is 23.7 Å². The second kappa shape index (κ2) is 5.71. The van der Waals surface area contributed by atoms with Crippen LogP contribution in [0.2, 0.25) is 0 Å². The van der Waals surface area contributed by atoms with E-state index < -0.39 is 15.9 Å². The molecule has 0 aromatic heterocycles. The van der Waals surface area contributed by atoms with Gasteiger partial charge in [0.1, 0.15) is 0 Å². The Morgan fingerprint density at radius 1 is 1.50 bits per heavy atom. The van der Waals surface area contributed by atoms with Crippen LogP contribution in [0.1, 0.15) is 13.3 Å². The summed E-state index contributed by atoms with van der Waals surface area (Å²) in [6.45, 7) is 2.08. The van der Waals surface area contributed by atoms with Gasteiger partial charge in [-0.15, -0.1) is 0 Å². The standard InChI is InChI=1S/C10H21NO3S2/c1-8(4-5-15-3)11(2)9-6-16(13,14)7-10(9)12/h8-10,12H,4-7H2,1-3H3. The molecule has 0 saturated carbocycles. The summed E-state index contributed by atoms with van der Waals surface area (Å²) in [6.07, 6.45) is 2.34. The molecule has 3 unspecified atom stereocenters. The van der Waals surface area contributed by atoms with Crippen LogP contribution >= 0.6 is 11.8 Å². The van der Waals surface area contributed by atoms with Crippen LogP contribution in [0, 0.1) is 0 Å². The molecular formula is C10H21NO3S2. The van der Waals surface area contributed by atoms with E-state index in [2.05, 4.69) is 13.2 Å². The average molecular weight is 267 g/mol. The van der Waals surface area contributed by atoms with Crippen molar-refractivity contribution in [3.63, 3.8) is 0 Å². The second-order valence-electron chi connectivity index (χ2n) is 4.51. The van der Waals surface area contributed by atoms with E-state index in [-0.39, 0.29) is 17.5 Å². The van der Waals surface area contributed by atoms with Gasteiger partial charge in [-0.3, -0.25) is 4.90 Å². The molecule has 1 saturated heterocycles. The van der Waals surface area contributed by atoms with Crippen LogP contribution in [0.4, 0.5) is 0 Å². The van der Waals surface area contributed by atoms with Crippen molar-refractivity contribution in [2.75, 3.05) is 30.6 Å². The van der Waals surface area contributed by atoms with E-state index in [1.807, 2.05) is 11.9 Å². The highest BCUT2D eigenvalue weighted by molar-refractivity contribution is 7.98. The van der Waals surface area contributed by atoms with Crippen LogP contribution in [0.5, 0.6) is 0 Å². The number of sulfone groups is 1. The van der Waals surface area contributed by atoms with Crippen LogP contribution in [-0.4, -0.2) is 67.2 Å². The van der Waals surface area contributed by atoms with Gasteiger partial charge in [-0.2, -0.15) is 11.8 Å². The molecular weight excluding hydrogens is 246 g/mol. The van der Waals surface area contributed by atoms with E-state index >= 15 is 0 Å². The van der Waals surface area contributed by atoms with E-state index in [0.29, 0.717) is 6.04 Å². The maximum absolute atomic E-state index is 11.4. The minimum Gasteiger partial charge on any atom is -0.390 e. The molecule has 0 radical (unpaired) electrons. The molecule has 96 valence electrons. The lowest BCUT2D eigenvalue weighted by Gasteiger charge is -2.31. The highest BCUT2D eigenvalue weighted by atomic mass is 32.2. The molecule has 1 fully saturated rings. The molecule has 0 spiro atoms. The predicted octanol–water partition coefficient (Wildman–Crippen LogP) is 0.218. The lowest BCUT2D eigenvalue weighted by atomic mass is 10.1. The van der Waals surface area contributed by atoms with Gasteiger partial charge >= 0.3 is 0 Å². The first kappa shape index (κ1) is 14.3. The molecule has 1 aliphatic rings. The number of likely N-dealkylation sites (N-methyl/N-ethyl adjacent to an activating group) is 1. The molecule has 16 heavy (non-hydrogen) atoms. The Labute approximate surface area is 102 Å². The number of hydrogen-bond donors (Lipinski definition) is 1. The first-order valence-corrected chi connectivity index (χ1v) is 8.68. The third-order valence-corrected chi connectivity index (χ3v) is 5.59. The molecule has 0 amide bonds. The van der Waals surface area contributed by atoms with Crippen molar-refractivity contribution in [2.24, 2.45) is 0 Å². The van der Waals surface area contributed by atoms with Gasteiger partial charge in [0.25, 0.3) is 0 Å². The summed E-state index contributed by atoms with van der Waals surface area (Å²) in [5.74, 6) is 1.06. The number of aliphatic hydroxyl groups excluding tert-OH is 1. The summed E-state index contributed by atoms with van der Waals surface area (Å²) < 4.78 is 22.8. The van der Waals surface area contributed by atoms with Crippen molar-refractivity contribution in [3.05, 3.63) is 0 Å². The lowest BCUT2D eigenvalue weighted by molar-refractivity contribution is 0.0770. The van der Waals surface area contributed by atoms with Gasteiger partial charge in [-0.05, 0) is 32.4 Å². The Kier molecular flexibility index (Phi) is 5.10. The zero-order chi connectivity index (χ0) is 12.3. The summed E-state index contributed by atoms with van der Waals surface area (Å²) in [5, 5.41) is 9.74. The van der Waals surface area contributed by atoms with Gasteiger partial charge in [0.15, 0.2) is 9.84 Å². The molecule has 6 heteroatoms. The number of aliphatic hydroxyl groups is 1. The van der Waals surface area contributed by atoms with Crippen LogP contribution in [0.3, 0.4) is 0 Å². The average Bonchev–Trinajstić information content (AvgIpc) is 2.47. The van der Waals surface area contributed by atoms with Crippen molar-refractivity contribution >= 4 is 21.6 Å². The van der Waals surface area contributed by atoms with Crippen LogP contribution in [0.15, 0.2) is 0 Å². The van der Waals surface area contributed by atoms with Crippen molar-refractivity contribution < 1.29 is 13.5 Å². The Morgan fingerprint density at radius 3 is 2.56 bits per heavy atom. The summed E-state index contributed by atoms with van der Waals surface area (Å²) >= 11 is 1.78. The molecule has 1 rings (SSSR count). The topological polar surface area (TPSA) is 57.6 Å². The SMILES string of the molecule is CSCCC(C)N(C)C1CS(=O)(=O)CC1O. The molecule has 0 aromatic carbocycles. The lowest BCUT2D eigenvalue weighted by Crippen LogP contribution is -2.45. The Morgan fingerprint density at radius 2 is 2.12 bits per heavy atom. The van der Waals surface area contributed by atoms with Gasteiger partial charge < -0.3 is 5.11 Å². The van der Waals surface area contributed by atoms with Gasteiger partial charge in [0.2, 0.25) is 0 Å². The fraction of sp³-hybridized carbons (Fsp3) is 1.00. The van der Waals surface area contributed by atoms with Crippen LogP contribution < -0.4 is 0 Å². The third kappa shape index (κ3) is 3.61.